The Bertz CT molecular complexity index is 498. The van der Waals surface area contributed by atoms with Crippen molar-refractivity contribution in [1.29, 1.82) is 0 Å². The van der Waals surface area contributed by atoms with Crippen LogP contribution in [-0.2, 0) is 6.18 Å². The van der Waals surface area contributed by atoms with Gasteiger partial charge in [-0.25, -0.2) is 0 Å². The van der Waals surface area contributed by atoms with Gasteiger partial charge in [0.2, 0.25) is 5.89 Å². The monoisotopic (exact) mass is 262 g/mol. The molecule has 0 aliphatic heterocycles. The maximum Gasteiger partial charge on any atom is 0.470 e. The fourth-order valence-corrected chi connectivity index (χ4v) is 1.45. The Labute approximate surface area is 99.2 Å². The third kappa shape index (κ3) is 2.58. The molecule has 2 rings (SSSR count). The fourth-order valence-electron chi connectivity index (χ4n) is 1.22. The summed E-state index contributed by atoms with van der Waals surface area (Å²) in [7, 11) is 0. The zero-order valence-electron chi connectivity index (χ0n) is 8.28. The molecule has 0 radical (unpaired) electrons. The number of aromatic nitrogens is 2. The molecule has 1 atom stereocenters. The largest absolute Gasteiger partial charge is 0.470 e. The molecule has 7 heteroatoms. The van der Waals surface area contributed by atoms with Crippen molar-refractivity contribution in [3.63, 3.8) is 0 Å². The van der Waals surface area contributed by atoms with Crippen molar-refractivity contribution in [2.45, 2.75) is 11.6 Å². The molecule has 0 amide bonds. The predicted molar refractivity (Wildman–Crippen MR) is 53.4 cm³/mol. The Morgan fingerprint density at radius 3 is 2.29 bits per heavy atom. The van der Waals surface area contributed by atoms with Gasteiger partial charge in [0.1, 0.15) is 5.38 Å². The van der Waals surface area contributed by atoms with Gasteiger partial charge in [0.15, 0.2) is 0 Å². The summed E-state index contributed by atoms with van der Waals surface area (Å²) in [4.78, 5) is 0. The van der Waals surface area contributed by atoms with Crippen LogP contribution in [0, 0.1) is 0 Å². The number of nitrogens with zero attached hydrogens (tertiary/aromatic N) is 2. The van der Waals surface area contributed by atoms with Gasteiger partial charge in [-0.15, -0.1) is 21.8 Å². The smallest absolute Gasteiger partial charge is 0.415 e. The molecule has 0 saturated heterocycles. The van der Waals surface area contributed by atoms with E-state index in [9.17, 15) is 13.2 Å². The summed E-state index contributed by atoms with van der Waals surface area (Å²) in [6.45, 7) is 0. The highest BCUT2D eigenvalue weighted by atomic mass is 35.5. The van der Waals surface area contributed by atoms with Crippen molar-refractivity contribution in [3.8, 4) is 0 Å². The summed E-state index contributed by atoms with van der Waals surface area (Å²) < 4.78 is 41.2. The topological polar surface area (TPSA) is 38.9 Å². The lowest BCUT2D eigenvalue weighted by molar-refractivity contribution is -0.157. The van der Waals surface area contributed by atoms with Gasteiger partial charge in [-0.3, -0.25) is 0 Å². The first-order valence-electron chi connectivity index (χ1n) is 4.58. The van der Waals surface area contributed by atoms with E-state index >= 15 is 0 Å². The first-order valence-corrected chi connectivity index (χ1v) is 5.02. The first kappa shape index (κ1) is 11.9. The summed E-state index contributed by atoms with van der Waals surface area (Å²) >= 11 is 5.93. The highest BCUT2D eigenvalue weighted by Gasteiger charge is 2.38. The van der Waals surface area contributed by atoms with Crippen LogP contribution in [0.25, 0.3) is 0 Å². The van der Waals surface area contributed by atoms with Crippen molar-refractivity contribution in [2.75, 3.05) is 0 Å². The molecule has 1 heterocycles. The molecule has 1 aromatic carbocycles. The van der Waals surface area contributed by atoms with Crippen LogP contribution in [0.3, 0.4) is 0 Å². The van der Waals surface area contributed by atoms with Crippen LogP contribution >= 0.6 is 11.6 Å². The lowest BCUT2D eigenvalue weighted by atomic mass is 10.1. The number of halogens is 4. The SMILES string of the molecule is FC(F)(F)c1nnc(C(Cl)c2ccccc2)o1. The Morgan fingerprint density at radius 2 is 1.76 bits per heavy atom. The van der Waals surface area contributed by atoms with Gasteiger partial charge in [0.25, 0.3) is 0 Å². The third-order valence-electron chi connectivity index (χ3n) is 1.99. The van der Waals surface area contributed by atoms with E-state index in [-0.39, 0.29) is 5.89 Å². The normalized spacial score (nSPS) is 13.6. The molecular formula is C10H6ClF3N2O. The number of rotatable bonds is 2. The maximum absolute atomic E-state index is 12.2. The molecule has 90 valence electrons. The Balaban J connectivity index is 2.27. The van der Waals surface area contributed by atoms with Gasteiger partial charge in [-0.2, -0.15) is 13.2 Å². The summed E-state index contributed by atoms with van der Waals surface area (Å²) in [6.07, 6.45) is -4.65. The molecule has 0 N–H and O–H groups in total. The molecule has 0 saturated carbocycles. The summed E-state index contributed by atoms with van der Waals surface area (Å²) in [6, 6.07) is 8.52. The van der Waals surface area contributed by atoms with Crippen molar-refractivity contribution in [1.82, 2.24) is 10.2 Å². The second kappa shape index (κ2) is 4.37. The van der Waals surface area contributed by atoms with Gasteiger partial charge in [0, 0.05) is 0 Å². The summed E-state index contributed by atoms with van der Waals surface area (Å²) in [5.74, 6) is -1.67. The zero-order valence-corrected chi connectivity index (χ0v) is 9.03. The van der Waals surface area contributed by atoms with E-state index < -0.39 is 17.4 Å². The van der Waals surface area contributed by atoms with Gasteiger partial charge < -0.3 is 4.42 Å². The second-order valence-corrected chi connectivity index (χ2v) is 3.65. The van der Waals surface area contributed by atoms with Gasteiger partial charge >= 0.3 is 12.1 Å². The second-order valence-electron chi connectivity index (χ2n) is 3.22. The van der Waals surface area contributed by atoms with E-state index in [0.29, 0.717) is 5.56 Å². The van der Waals surface area contributed by atoms with E-state index in [2.05, 4.69) is 14.6 Å². The van der Waals surface area contributed by atoms with E-state index in [0.717, 1.165) is 0 Å². The van der Waals surface area contributed by atoms with Gasteiger partial charge in [-0.05, 0) is 5.56 Å². The lowest BCUT2D eigenvalue weighted by Gasteiger charge is -2.04. The summed E-state index contributed by atoms with van der Waals surface area (Å²) in [5, 5.41) is 5.31. The molecule has 2 aromatic rings. The van der Waals surface area contributed by atoms with Gasteiger partial charge in [-0.1, -0.05) is 30.3 Å². The average Bonchev–Trinajstić information content (AvgIpc) is 2.78. The molecule has 0 fully saturated rings. The molecular weight excluding hydrogens is 257 g/mol. The highest BCUT2D eigenvalue weighted by molar-refractivity contribution is 6.22. The minimum Gasteiger partial charge on any atom is -0.415 e. The van der Waals surface area contributed by atoms with Crippen LogP contribution in [0.1, 0.15) is 22.7 Å². The predicted octanol–water partition coefficient (Wildman–Crippen LogP) is 3.42. The van der Waals surface area contributed by atoms with Crippen LogP contribution in [0.15, 0.2) is 34.7 Å². The lowest BCUT2D eigenvalue weighted by Crippen LogP contribution is -2.04. The minimum absolute atomic E-state index is 0.273. The Morgan fingerprint density at radius 1 is 1.12 bits per heavy atom. The third-order valence-corrected chi connectivity index (χ3v) is 2.43. The van der Waals surface area contributed by atoms with E-state index in [1.165, 1.54) is 0 Å². The molecule has 3 nitrogen and oxygen atoms in total. The average molecular weight is 263 g/mol. The maximum atomic E-state index is 12.2. The molecule has 0 bridgehead atoms. The minimum atomic E-state index is -4.65. The quantitative estimate of drug-likeness (QED) is 0.779. The number of hydrogen-bond donors (Lipinski definition) is 0. The Hall–Kier alpha value is -1.56. The fraction of sp³-hybridized carbons (Fsp3) is 0.200. The molecule has 17 heavy (non-hydrogen) atoms. The van der Waals surface area contributed by atoms with E-state index in [1.807, 2.05) is 0 Å². The van der Waals surface area contributed by atoms with E-state index in [4.69, 9.17) is 11.6 Å². The Kier molecular flexibility index (Phi) is 3.06. The molecule has 1 unspecified atom stereocenters. The number of hydrogen-bond acceptors (Lipinski definition) is 3. The number of alkyl halides is 4. The zero-order chi connectivity index (χ0) is 12.5. The van der Waals surface area contributed by atoms with Crippen LogP contribution in [0.4, 0.5) is 13.2 Å². The van der Waals surface area contributed by atoms with Crippen LogP contribution in [-0.4, -0.2) is 10.2 Å². The first-order chi connectivity index (χ1) is 7.98. The van der Waals surface area contributed by atoms with Crippen LogP contribution < -0.4 is 0 Å². The van der Waals surface area contributed by atoms with Crippen molar-refractivity contribution in [3.05, 3.63) is 47.7 Å². The molecule has 1 aromatic heterocycles. The van der Waals surface area contributed by atoms with Crippen LogP contribution in [0.2, 0.25) is 0 Å². The molecule has 0 aliphatic rings. The van der Waals surface area contributed by atoms with Crippen molar-refractivity contribution >= 4 is 11.6 Å². The molecule has 0 aliphatic carbocycles. The standard InChI is InChI=1S/C10H6ClF3N2O/c11-7(6-4-2-1-3-5-6)8-15-16-9(17-8)10(12,13)14/h1-5,7H. The number of benzene rings is 1. The van der Waals surface area contributed by atoms with Gasteiger partial charge in [0.05, 0.1) is 0 Å². The van der Waals surface area contributed by atoms with E-state index in [1.54, 1.807) is 30.3 Å². The molecule has 0 spiro atoms. The summed E-state index contributed by atoms with van der Waals surface area (Å²) in [5.41, 5.74) is 0.589. The van der Waals surface area contributed by atoms with Crippen LogP contribution in [0.5, 0.6) is 0 Å². The van der Waals surface area contributed by atoms with Crippen molar-refractivity contribution < 1.29 is 17.6 Å². The highest BCUT2D eigenvalue weighted by Crippen LogP contribution is 2.32. The van der Waals surface area contributed by atoms with Crippen molar-refractivity contribution in [2.24, 2.45) is 0 Å².